The van der Waals surface area contributed by atoms with Gasteiger partial charge >= 0.3 is 0 Å². The number of rotatable bonds is 3. The van der Waals surface area contributed by atoms with Crippen LogP contribution in [0.15, 0.2) is 43.1 Å². The average Bonchev–Trinajstić information content (AvgIpc) is 3.12. The van der Waals surface area contributed by atoms with Crippen molar-refractivity contribution in [2.45, 2.75) is 38.1 Å². The molecule has 1 aliphatic rings. The molecule has 1 fully saturated rings. The fourth-order valence-corrected chi connectivity index (χ4v) is 3.65. The van der Waals surface area contributed by atoms with Gasteiger partial charge in [-0.2, -0.15) is 0 Å². The Morgan fingerprint density at radius 2 is 1.85 bits per heavy atom. The first-order chi connectivity index (χ1) is 12.9. The summed E-state index contributed by atoms with van der Waals surface area (Å²) in [6.45, 7) is 0. The summed E-state index contributed by atoms with van der Waals surface area (Å²) in [5.41, 5.74) is 4.39. The van der Waals surface area contributed by atoms with E-state index in [1.165, 1.54) is 32.1 Å². The summed E-state index contributed by atoms with van der Waals surface area (Å²) < 4.78 is 1.87. The van der Waals surface area contributed by atoms with Gasteiger partial charge in [-0.15, -0.1) is 5.10 Å². The fraction of sp³-hybridized carbons (Fsp3) is 0.316. The normalized spacial score (nSPS) is 15.5. The van der Waals surface area contributed by atoms with Gasteiger partial charge in [0.15, 0.2) is 5.65 Å². The van der Waals surface area contributed by atoms with Crippen LogP contribution < -0.4 is 5.32 Å². The largest absolute Gasteiger partial charge is 0.350 e. The van der Waals surface area contributed by atoms with Gasteiger partial charge in [0.2, 0.25) is 5.95 Å². The van der Waals surface area contributed by atoms with Crippen LogP contribution >= 0.6 is 0 Å². The summed E-state index contributed by atoms with van der Waals surface area (Å²) in [5, 5.41) is 8.10. The zero-order chi connectivity index (χ0) is 17.3. The maximum Gasteiger partial charge on any atom is 0.241 e. The number of hydrogen-bond donors (Lipinski definition) is 1. The van der Waals surface area contributed by atoms with E-state index >= 15 is 0 Å². The van der Waals surface area contributed by atoms with E-state index in [0.717, 1.165) is 22.2 Å². The molecule has 4 aromatic heterocycles. The molecule has 0 unspecified atom stereocenters. The lowest BCUT2D eigenvalue weighted by molar-refractivity contribution is 0.460. The molecule has 7 heteroatoms. The van der Waals surface area contributed by atoms with Crippen LogP contribution in [-0.2, 0) is 0 Å². The van der Waals surface area contributed by atoms with Gasteiger partial charge in [-0.25, -0.2) is 19.5 Å². The summed E-state index contributed by atoms with van der Waals surface area (Å²) in [6, 6.07) is 4.52. The average molecular weight is 345 g/mol. The summed E-state index contributed by atoms with van der Waals surface area (Å²) in [7, 11) is 0. The van der Waals surface area contributed by atoms with Crippen LogP contribution in [0.25, 0.3) is 27.8 Å². The molecular formula is C19H19N7. The molecule has 0 bridgehead atoms. The van der Waals surface area contributed by atoms with Crippen LogP contribution in [0.4, 0.5) is 5.95 Å². The third kappa shape index (κ3) is 2.75. The Morgan fingerprint density at radius 1 is 0.962 bits per heavy atom. The SMILES string of the molecule is c1cnc2ncc(-c3ccn4nc(NC5CCCCC5)ncc34)cc2n1. The summed E-state index contributed by atoms with van der Waals surface area (Å²) in [6.07, 6.45) is 15.3. The number of pyridine rings is 1. The standard InChI is InChI=1S/C19H19N7/c1-2-4-14(5-3-1)24-19-23-12-17-15(6-9-26(17)25-19)13-10-16-18(22-11-13)21-8-7-20-16/h6-12,14H,1-5H2,(H,24,25). The van der Waals surface area contributed by atoms with E-state index in [2.05, 4.69) is 30.4 Å². The van der Waals surface area contributed by atoms with E-state index in [1.807, 2.05) is 35.2 Å². The second-order valence-electron chi connectivity index (χ2n) is 6.74. The van der Waals surface area contributed by atoms with Crippen LogP contribution in [0.1, 0.15) is 32.1 Å². The smallest absolute Gasteiger partial charge is 0.241 e. The minimum Gasteiger partial charge on any atom is -0.350 e. The van der Waals surface area contributed by atoms with Crippen LogP contribution in [0.2, 0.25) is 0 Å². The number of anilines is 1. The molecule has 0 aromatic carbocycles. The highest BCUT2D eigenvalue weighted by molar-refractivity contribution is 5.84. The van der Waals surface area contributed by atoms with Gasteiger partial charge in [0, 0.05) is 42.0 Å². The number of aromatic nitrogens is 6. The van der Waals surface area contributed by atoms with Crippen molar-refractivity contribution in [1.82, 2.24) is 29.5 Å². The molecule has 130 valence electrons. The van der Waals surface area contributed by atoms with Crippen molar-refractivity contribution in [3.8, 4) is 11.1 Å². The molecule has 7 nitrogen and oxygen atoms in total. The summed E-state index contributed by atoms with van der Waals surface area (Å²) in [5.74, 6) is 0.689. The molecule has 1 N–H and O–H groups in total. The van der Waals surface area contributed by atoms with Crippen molar-refractivity contribution in [3.05, 3.63) is 43.1 Å². The molecule has 1 saturated carbocycles. The Hall–Kier alpha value is -3.09. The summed E-state index contributed by atoms with van der Waals surface area (Å²) in [4.78, 5) is 17.5. The second-order valence-corrected chi connectivity index (χ2v) is 6.74. The van der Waals surface area contributed by atoms with Gasteiger partial charge in [-0.3, -0.25) is 4.98 Å². The molecule has 26 heavy (non-hydrogen) atoms. The Balaban J connectivity index is 1.48. The first kappa shape index (κ1) is 15.2. The van der Waals surface area contributed by atoms with Gasteiger partial charge in [-0.1, -0.05) is 19.3 Å². The number of nitrogens with zero attached hydrogens (tertiary/aromatic N) is 6. The quantitative estimate of drug-likeness (QED) is 0.612. The molecule has 0 atom stereocenters. The van der Waals surface area contributed by atoms with Crippen LogP contribution in [0.3, 0.4) is 0 Å². The maximum atomic E-state index is 4.62. The van der Waals surface area contributed by atoms with Gasteiger partial charge in [0.25, 0.3) is 0 Å². The lowest BCUT2D eigenvalue weighted by Gasteiger charge is -2.22. The highest BCUT2D eigenvalue weighted by atomic mass is 15.3. The van der Waals surface area contributed by atoms with Crippen molar-refractivity contribution in [2.75, 3.05) is 5.32 Å². The van der Waals surface area contributed by atoms with Gasteiger partial charge in [0.05, 0.1) is 11.7 Å². The molecule has 5 rings (SSSR count). The van der Waals surface area contributed by atoms with E-state index in [9.17, 15) is 0 Å². The van der Waals surface area contributed by atoms with E-state index in [1.54, 1.807) is 12.4 Å². The Labute approximate surface area is 150 Å². The molecule has 0 aliphatic heterocycles. The summed E-state index contributed by atoms with van der Waals surface area (Å²) >= 11 is 0. The lowest BCUT2D eigenvalue weighted by atomic mass is 9.96. The molecule has 4 heterocycles. The molecular weight excluding hydrogens is 326 g/mol. The molecule has 0 amide bonds. The van der Waals surface area contributed by atoms with Crippen LogP contribution in [0.5, 0.6) is 0 Å². The second kappa shape index (κ2) is 6.33. The van der Waals surface area contributed by atoms with Crippen molar-refractivity contribution < 1.29 is 0 Å². The zero-order valence-corrected chi connectivity index (χ0v) is 14.3. The fourth-order valence-electron chi connectivity index (χ4n) is 3.65. The van der Waals surface area contributed by atoms with Crippen LogP contribution in [-0.4, -0.2) is 35.6 Å². The van der Waals surface area contributed by atoms with Gasteiger partial charge < -0.3 is 5.32 Å². The maximum absolute atomic E-state index is 4.62. The Bertz CT molecular complexity index is 1070. The third-order valence-corrected chi connectivity index (χ3v) is 4.99. The van der Waals surface area contributed by atoms with Crippen molar-refractivity contribution in [2.24, 2.45) is 0 Å². The van der Waals surface area contributed by atoms with Crippen molar-refractivity contribution in [1.29, 1.82) is 0 Å². The van der Waals surface area contributed by atoms with E-state index in [-0.39, 0.29) is 0 Å². The molecule has 4 aromatic rings. The minimum absolute atomic E-state index is 0.486. The topological polar surface area (TPSA) is 80.9 Å². The first-order valence-corrected chi connectivity index (χ1v) is 9.05. The highest BCUT2D eigenvalue weighted by Gasteiger charge is 2.15. The monoisotopic (exact) mass is 345 g/mol. The minimum atomic E-state index is 0.486. The molecule has 1 aliphatic carbocycles. The third-order valence-electron chi connectivity index (χ3n) is 4.99. The number of nitrogens with one attached hydrogen (secondary N) is 1. The van der Waals surface area contributed by atoms with Crippen molar-refractivity contribution in [3.63, 3.8) is 0 Å². The van der Waals surface area contributed by atoms with Crippen molar-refractivity contribution >= 4 is 22.6 Å². The first-order valence-electron chi connectivity index (χ1n) is 9.05. The molecule has 0 spiro atoms. The van der Waals surface area contributed by atoms with Crippen LogP contribution in [0, 0.1) is 0 Å². The van der Waals surface area contributed by atoms with Gasteiger partial charge in [-0.05, 0) is 25.0 Å². The number of hydrogen-bond acceptors (Lipinski definition) is 6. The van der Waals surface area contributed by atoms with Gasteiger partial charge in [0.1, 0.15) is 5.52 Å². The number of fused-ring (bicyclic) bond motifs is 2. The zero-order valence-electron chi connectivity index (χ0n) is 14.3. The Morgan fingerprint density at radius 3 is 2.77 bits per heavy atom. The predicted octanol–water partition coefficient (Wildman–Crippen LogP) is 3.48. The Kier molecular flexibility index (Phi) is 3.70. The lowest BCUT2D eigenvalue weighted by Crippen LogP contribution is -2.23. The highest BCUT2D eigenvalue weighted by Crippen LogP contribution is 2.26. The molecule has 0 radical (unpaired) electrons. The predicted molar refractivity (Wildman–Crippen MR) is 99.8 cm³/mol. The van der Waals surface area contributed by atoms with E-state index in [4.69, 9.17) is 0 Å². The van der Waals surface area contributed by atoms with E-state index < -0.39 is 0 Å². The van der Waals surface area contributed by atoms with E-state index in [0.29, 0.717) is 17.6 Å². The molecule has 0 saturated heterocycles.